The van der Waals surface area contributed by atoms with Crippen molar-refractivity contribution >= 4 is 11.8 Å². The second-order valence-electron chi connectivity index (χ2n) is 4.02. The summed E-state index contributed by atoms with van der Waals surface area (Å²) < 4.78 is 10.2. The van der Waals surface area contributed by atoms with E-state index in [9.17, 15) is 9.59 Å². The quantitative estimate of drug-likeness (QED) is 0.491. The van der Waals surface area contributed by atoms with Gasteiger partial charge in [-0.05, 0) is 20.8 Å². The van der Waals surface area contributed by atoms with E-state index in [2.05, 4.69) is 0 Å². The summed E-state index contributed by atoms with van der Waals surface area (Å²) in [5.41, 5.74) is -0.444. The molecule has 1 aliphatic rings. The van der Waals surface area contributed by atoms with Gasteiger partial charge in [0.05, 0.1) is 18.8 Å². The van der Waals surface area contributed by atoms with E-state index in [4.69, 9.17) is 9.47 Å². The van der Waals surface area contributed by atoms with Crippen LogP contribution in [-0.4, -0.2) is 30.6 Å². The number of ether oxygens (including phenoxy) is 2. The normalized spacial score (nSPS) is 25.9. The van der Waals surface area contributed by atoms with Gasteiger partial charge in [-0.3, -0.25) is 9.59 Å². The second kappa shape index (κ2) is 4.09. The molecule has 1 fully saturated rings. The van der Waals surface area contributed by atoms with Gasteiger partial charge < -0.3 is 9.47 Å². The SMILES string of the molecule is CCOC(=O)C1COC(C)(C)CC1=O. The lowest BCUT2D eigenvalue weighted by Gasteiger charge is -2.32. The van der Waals surface area contributed by atoms with E-state index in [-0.39, 0.29) is 18.8 Å². The van der Waals surface area contributed by atoms with Gasteiger partial charge in [-0.25, -0.2) is 0 Å². The molecule has 80 valence electrons. The largest absolute Gasteiger partial charge is 0.465 e. The molecule has 1 heterocycles. The standard InChI is InChI=1S/C10H16O4/c1-4-13-9(12)7-6-14-10(2,3)5-8(7)11/h7H,4-6H2,1-3H3. The Balaban J connectivity index is 2.58. The average molecular weight is 200 g/mol. The highest BCUT2D eigenvalue weighted by molar-refractivity contribution is 6.00. The fourth-order valence-electron chi connectivity index (χ4n) is 1.44. The lowest BCUT2D eigenvalue weighted by Crippen LogP contribution is -2.43. The third kappa shape index (κ3) is 2.54. The van der Waals surface area contributed by atoms with Crippen LogP contribution in [0.3, 0.4) is 0 Å². The predicted octanol–water partition coefficient (Wildman–Crippen LogP) is 0.934. The third-order valence-electron chi connectivity index (χ3n) is 2.20. The molecule has 1 atom stereocenters. The van der Waals surface area contributed by atoms with Crippen LogP contribution in [0.15, 0.2) is 0 Å². The highest BCUT2D eigenvalue weighted by Gasteiger charge is 2.38. The molecule has 0 radical (unpaired) electrons. The Morgan fingerprint density at radius 2 is 2.29 bits per heavy atom. The minimum Gasteiger partial charge on any atom is -0.465 e. The Morgan fingerprint density at radius 1 is 1.64 bits per heavy atom. The molecule has 14 heavy (non-hydrogen) atoms. The number of hydrogen-bond donors (Lipinski definition) is 0. The Kier molecular flexibility index (Phi) is 3.26. The van der Waals surface area contributed by atoms with E-state index in [1.165, 1.54) is 0 Å². The maximum absolute atomic E-state index is 11.5. The number of rotatable bonds is 2. The highest BCUT2D eigenvalue weighted by Crippen LogP contribution is 2.25. The summed E-state index contributed by atoms with van der Waals surface area (Å²) in [6.45, 7) is 5.84. The van der Waals surface area contributed by atoms with Crippen LogP contribution in [0.4, 0.5) is 0 Å². The number of carbonyl (C=O) groups excluding carboxylic acids is 2. The van der Waals surface area contributed by atoms with Crippen LogP contribution in [0.5, 0.6) is 0 Å². The molecule has 1 aliphatic heterocycles. The van der Waals surface area contributed by atoms with Crippen molar-refractivity contribution in [1.29, 1.82) is 0 Å². The third-order valence-corrected chi connectivity index (χ3v) is 2.20. The summed E-state index contributed by atoms with van der Waals surface area (Å²) in [7, 11) is 0. The summed E-state index contributed by atoms with van der Waals surface area (Å²) in [6, 6.07) is 0. The number of ketones is 1. The molecule has 1 saturated heterocycles. The van der Waals surface area contributed by atoms with Crippen molar-refractivity contribution in [2.45, 2.75) is 32.8 Å². The van der Waals surface area contributed by atoms with E-state index in [0.717, 1.165) is 0 Å². The van der Waals surface area contributed by atoms with Crippen molar-refractivity contribution in [2.24, 2.45) is 5.92 Å². The van der Waals surface area contributed by atoms with E-state index >= 15 is 0 Å². The number of esters is 1. The van der Waals surface area contributed by atoms with E-state index in [0.29, 0.717) is 6.61 Å². The molecular weight excluding hydrogens is 184 g/mol. The maximum Gasteiger partial charge on any atom is 0.318 e. The first-order valence-corrected chi connectivity index (χ1v) is 4.79. The fraction of sp³-hybridized carbons (Fsp3) is 0.800. The van der Waals surface area contributed by atoms with E-state index in [1.54, 1.807) is 6.92 Å². The summed E-state index contributed by atoms with van der Waals surface area (Å²) in [6.07, 6.45) is 0.274. The van der Waals surface area contributed by atoms with Gasteiger partial charge in [0.25, 0.3) is 0 Å². The molecule has 0 aromatic carbocycles. The molecule has 0 spiro atoms. The molecule has 0 aromatic heterocycles. The highest BCUT2D eigenvalue weighted by atomic mass is 16.5. The number of hydrogen-bond acceptors (Lipinski definition) is 4. The molecular formula is C10H16O4. The van der Waals surface area contributed by atoms with Crippen molar-refractivity contribution in [3.63, 3.8) is 0 Å². The van der Waals surface area contributed by atoms with Crippen molar-refractivity contribution < 1.29 is 19.1 Å². The van der Waals surface area contributed by atoms with Crippen LogP contribution in [0, 0.1) is 5.92 Å². The Hall–Kier alpha value is -0.900. The summed E-state index contributed by atoms with van der Waals surface area (Å²) >= 11 is 0. The minimum absolute atomic E-state index is 0.0836. The molecule has 0 saturated carbocycles. The van der Waals surface area contributed by atoms with Crippen LogP contribution in [-0.2, 0) is 19.1 Å². The van der Waals surface area contributed by atoms with Gasteiger partial charge in [-0.1, -0.05) is 0 Å². The van der Waals surface area contributed by atoms with E-state index < -0.39 is 17.5 Å². The lowest BCUT2D eigenvalue weighted by atomic mass is 9.90. The van der Waals surface area contributed by atoms with Gasteiger partial charge in [0, 0.05) is 6.42 Å². The Morgan fingerprint density at radius 3 is 2.79 bits per heavy atom. The lowest BCUT2D eigenvalue weighted by molar-refractivity contribution is -0.165. The smallest absolute Gasteiger partial charge is 0.318 e. The van der Waals surface area contributed by atoms with Gasteiger partial charge in [-0.15, -0.1) is 0 Å². The van der Waals surface area contributed by atoms with E-state index in [1.807, 2.05) is 13.8 Å². The minimum atomic E-state index is -0.719. The van der Waals surface area contributed by atoms with Gasteiger partial charge in [-0.2, -0.15) is 0 Å². The monoisotopic (exact) mass is 200 g/mol. The predicted molar refractivity (Wildman–Crippen MR) is 49.8 cm³/mol. The van der Waals surface area contributed by atoms with Crippen molar-refractivity contribution in [2.75, 3.05) is 13.2 Å². The fourth-order valence-corrected chi connectivity index (χ4v) is 1.44. The van der Waals surface area contributed by atoms with Crippen LogP contribution in [0.25, 0.3) is 0 Å². The molecule has 0 aromatic rings. The number of Topliss-reactive ketones (excluding diaryl/α,β-unsaturated/α-hetero) is 1. The Bertz CT molecular complexity index is 245. The average Bonchev–Trinajstić information content (AvgIpc) is 2.02. The van der Waals surface area contributed by atoms with Gasteiger partial charge in [0.1, 0.15) is 5.92 Å². The molecule has 4 nitrogen and oxygen atoms in total. The molecule has 0 N–H and O–H groups in total. The molecule has 0 aliphatic carbocycles. The molecule has 0 amide bonds. The molecule has 1 unspecified atom stereocenters. The first kappa shape index (κ1) is 11.2. The molecule has 4 heteroatoms. The van der Waals surface area contributed by atoms with Gasteiger partial charge in [0.2, 0.25) is 0 Å². The van der Waals surface area contributed by atoms with Crippen molar-refractivity contribution in [1.82, 2.24) is 0 Å². The zero-order chi connectivity index (χ0) is 10.8. The van der Waals surface area contributed by atoms with Crippen molar-refractivity contribution in [3.8, 4) is 0 Å². The van der Waals surface area contributed by atoms with Crippen LogP contribution in [0.1, 0.15) is 27.2 Å². The summed E-state index contributed by atoms with van der Waals surface area (Å²) in [5, 5.41) is 0. The van der Waals surface area contributed by atoms with Crippen LogP contribution >= 0.6 is 0 Å². The zero-order valence-corrected chi connectivity index (χ0v) is 8.83. The first-order valence-electron chi connectivity index (χ1n) is 4.79. The van der Waals surface area contributed by atoms with Crippen molar-refractivity contribution in [3.05, 3.63) is 0 Å². The van der Waals surface area contributed by atoms with Gasteiger partial charge in [0.15, 0.2) is 5.78 Å². The molecule has 1 rings (SSSR count). The summed E-state index contributed by atoms with van der Waals surface area (Å²) in [4.78, 5) is 22.8. The number of carbonyl (C=O) groups is 2. The van der Waals surface area contributed by atoms with Crippen LogP contribution < -0.4 is 0 Å². The second-order valence-corrected chi connectivity index (χ2v) is 4.02. The van der Waals surface area contributed by atoms with Gasteiger partial charge >= 0.3 is 5.97 Å². The Labute approximate surface area is 83.6 Å². The van der Waals surface area contributed by atoms with Crippen LogP contribution in [0.2, 0.25) is 0 Å². The first-order chi connectivity index (χ1) is 6.46. The summed E-state index contributed by atoms with van der Waals surface area (Å²) in [5.74, 6) is -1.27. The topological polar surface area (TPSA) is 52.6 Å². The molecule has 0 bridgehead atoms. The zero-order valence-electron chi connectivity index (χ0n) is 8.83. The maximum atomic E-state index is 11.5.